The number of aliphatic hydroxyl groups is 1. The number of hydrogen-bond donors (Lipinski definition) is 1. The van der Waals surface area contributed by atoms with Gasteiger partial charge in [0.1, 0.15) is 0 Å². The van der Waals surface area contributed by atoms with Gasteiger partial charge in [-0.25, -0.2) is 0 Å². The highest BCUT2D eigenvalue weighted by Crippen LogP contribution is 1.79. The lowest BCUT2D eigenvalue weighted by molar-refractivity contribution is 0.0914. The van der Waals surface area contributed by atoms with Crippen LogP contribution >= 0.6 is 0 Å². The zero-order valence-corrected chi connectivity index (χ0v) is 5.76. The van der Waals surface area contributed by atoms with E-state index in [2.05, 4.69) is 0 Å². The van der Waals surface area contributed by atoms with Crippen LogP contribution in [-0.2, 0) is 0 Å². The minimum atomic E-state index is 0.123. The first-order chi connectivity index (χ1) is 3.66. The average Bonchev–Trinajstić information content (AvgIpc) is 1.65. The first-order valence-corrected chi connectivity index (χ1v) is 2.61. The smallest absolute Gasteiger partial charge is 0.0964 e. The van der Waals surface area contributed by atoms with Gasteiger partial charge in [0.05, 0.1) is 13.4 Å². The van der Waals surface area contributed by atoms with Gasteiger partial charge in [-0.05, 0) is 21.1 Å². The molecule has 0 aromatic heterocycles. The Morgan fingerprint density at radius 1 is 1.25 bits per heavy atom. The quantitative estimate of drug-likeness (QED) is 0.501. The lowest BCUT2D eigenvalue weighted by Crippen LogP contribution is -2.30. The van der Waals surface area contributed by atoms with Gasteiger partial charge in [0.2, 0.25) is 0 Å². The molecule has 0 aliphatic heterocycles. The van der Waals surface area contributed by atoms with Gasteiger partial charge in [0, 0.05) is 0 Å². The van der Waals surface area contributed by atoms with Crippen molar-refractivity contribution >= 4 is 0 Å². The van der Waals surface area contributed by atoms with Crippen molar-refractivity contribution in [3.8, 4) is 0 Å². The summed E-state index contributed by atoms with van der Waals surface area (Å²) in [6.07, 6.45) is 0. The predicted molar refractivity (Wildman–Crippen MR) is 33.4 cm³/mol. The maximum atomic E-state index is 8.48. The molecular weight excluding hydrogens is 104 g/mol. The van der Waals surface area contributed by atoms with Gasteiger partial charge in [0.25, 0.3) is 0 Å². The molecule has 3 nitrogen and oxygen atoms in total. The average molecular weight is 118 g/mol. The van der Waals surface area contributed by atoms with Crippen molar-refractivity contribution < 1.29 is 5.11 Å². The Hall–Kier alpha value is -0.120. The molecule has 0 fully saturated rings. The fourth-order valence-electron chi connectivity index (χ4n) is 0.528. The van der Waals surface area contributed by atoms with Crippen molar-refractivity contribution in [2.45, 2.75) is 0 Å². The summed E-state index contributed by atoms with van der Waals surface area (Å²) in [5, 5.41) is 8.48. The molecule has 0 aliphatic carbocycles. The molecule has 0 radical (unpaired) electrons. The van der Waals surface area contributed by atoms with Crippen LogP contribution in [0.5, 0.6) is 0 Å². The molecule has 8 heavy (non-hydrogen) atoms. The molecule has 0 amide bonds. The van der Waals surface area contributed by atoms with Gasteiger partial charge >= 0.3 is 0 Å². The Bertz CT molecular complexity index is 56.4. The number of aliphatic hydroxyl groups excluding tert-OH is 1. The fourth-order valence-corrected chi connectivity index (χ4v) is 0.528. The van der Waals surface area contributed by atoms with Gasteiger partial charge in [-0.3, -0.25) is 9.80 Å². The number of rotatable bonds is 3. The third-order valence-electron chi connectivity index (χ3n) is 0.766. The van der Waals surface area contributed by atoms with Crippen LogP contribution in [0.1, 0.15) is 0 Å². The van der Waals surface area contributed by atoms with E-state index in [1.165, 1.54) is 0 Å². The first kappa shape index (κ1) is 7.88. The van der Waals surface area contributed by atoms with Crippen molar-refractivity contribution in [2.24, 2.45) is 0 Å². The Kier molecular flexibility index (Phi) is 3.77. The van der Waals surface area contributed by atoms with Gasteiger partial charge in [-0.2, -0.15) is 0 Å². The Labute approximate surface area is 50.5 Å². The molecule has 3 heteroatoms. The van der Waals surface area contributed by atoms with E-state index in [1.807, 2.05) is 26.0 Å². The van der Waals surface area contributed by atoms with Crippen molar-refractivity contribution in [1.29, 1.82) is 0 Å². The molecule has 0 aromatic rings. The molecule has 0 saturated carbocycles. The minimum Gasteiger partial charge on any atom is -0.381 e. The molecule has 0 spiro atoms. The van der Waals surface area contributed by atoms with Crippen LogP contribution in [0.2, 0.25) is 0 Å². The van der Waals surface area contributed by atoms with E-state index >= 15 is 0 Å². The molecule has 50 valence electrons. The van der Waals surface area contributed by atoms with E-state index in [-0.39, 0.29) is 6.73 Å². The van der Waals surface area contributed by atoms with E-state index in [4.69, 9.17) is 5.11 Å². The fraction of sp³-hybridized carbons (Fsp3) is 1.00. The van der Waals surface area contributed by atoms with Crippen LogP contribution in [0.25, 0.3) is 0 Å². The lowest BCUT2D eigenvalue weighted by Gasteiger charge is -2.17. The normalized spacial score (nSPS) is 11.2. The van der Waals surface area contributed by atoms with E-state index in [0.717, 1.165) is 6.67 Å². The second-order valence-corrected chi connectivity index (χ2v) is 2.22. The molecule has 0 bridgehead atoms. The van der Waals surface area contributed by atoms with Crippen LogP contribution < -0.4 is 0 Å². The monoisotopic (exact) mass is 118 g/mol. The zero-order chi connectivity index (χ0) is 6.57. The van der Waals surface area contributed by atoms with E-state index in [1.54, 1.807) is 4.90 Å². The molecule has 0 unspecified atom stereocenters. The maximum Gasteiger partial charge on any atom is 0.0964 e. The predicted octanol–water partition coefficient (Wildman–Crippen LogP) is -0.613. The third kappa shape index (κ3) is 4.05. The Morgan fingerprint density at radius 3 is 1.88 bits per heavy atom. The third-order valence-corrected chi connectivity index (χ3v) is 0.766. The number of nitrogens with zero attached hydrogens (tertiary/aromatic N) is 2. The van der Waals surface area contributed by atoms with E-state index in [0.29, 0.717) is 0 Å². The standard InChI is InChI=1S/C5H14N2O/c1-6(2)4-7(3)5-8/h8H,4-5H2,1-3H3. The minimum absolute atomic E-state index is 0.123. The van der Waals surface area contributed by atoms with Crippen LogP contribution in [0.4, 0.5) is 0 Å². The summed E-state index contributed by atoms with van der Waals surface area (Å²) in [4.78, 5) is 3.80. The summed E-state index contributed by atoms with van der Waals surface area (Å²) in [5.41, 5.74) is 0. The molecule has 1 N–H and O–H groups in total. The lowest BCUT2D eigenvalue weighted by atomic mass is 10.8. The van der Waals surface area contributed by atoms with Gasteiger partial charge in [-0.15, -0.1) is 0 Å². The first-order valence-electron chi connectivity index (χ1n) is 2.61. The molecule has 0 aromatic carbocycles. The molecule has 0 rings (SSSR count). The summed E-state index contributed by atoms with van der Waals surface area (Å²) >= 11 is 0. The van der Waals surface area contributed by atoms with E-state index < -0.39 is 0 Å². The van der Waals surface area contributed by atoms with Gasteiger partial charge < -0.3 is 5.11 Å². The topological polar surface area (TPSA) is 26.7 Å². The van der Waals surface area contributed by atoms with Crippen molar-refractivity contribution in [2.75, 3.05) is 34.5 Å². The van der Waals surface area contributed by atoms with Gasteiger partial charge in [-0.1, -0.05) is 0 Å². The molecule has 0 heterocycles. The zero-order valence-electron chi connectivity index (χ0n) is 5.76. The summed E-state index contributed by atoms with van der Waals surface area (Å²) in [7, 11) is 5.79. The Morgan fingerprint density at radius 2 is 1.75 bits per heavy atom. The second kappa shape index (κ2) is 3.83. The van der Waals surface area contributed by atoms with Crippen LogP contribution in [-0.4, -0.2) is 49.4 Å². The summed E-state index contributed by atoms with van der Waals surface area (Å²) in [5.74, 6) is 0. The van der Waals surface area contributed by atoms with Crippen LogP contribution in [0.15, 0.2) is 0 Å². The molecule has 0 saturated heterocycles. The molecule has 0 atom stereocenters. The van der Waals surface area contributed by atoms with Crippen molar-refractivity contribution in [1.82, 2.24) is 9.80 Å². The van der Waals surface area contributed by atoms with E-state index in [9.17, 15) is 0 Å². The van der Waals surface area contributed by atoms with Crippen molar-refractivity contribution in [3.63, 3.8) is 0 Å². The molecule has 0 aliphatic rings. The second-order valence-electron chi connectivity index (χ2n) is 2.22. The van der Waals surface area contributed by atoms with Crippen LogP contribution in [0, 0.1) is 0 Å². The largest absolute Gasteiger partial charge is 0.381 e. The number of hydrogen-bond acceptors (Lipinski definition) is 3. The Balaban J connectivity index is 3.10. The summed E-state index contributed by atoms with van der Waals surface area (Å²) in [6.45, 7) is 0.925. The van der Waals surface area contributed by atoms with Crippen LogP contribution in [0.3, 0.4) is 0 Å². The SMILES string of the molecule is CN(C)CN(C)CO. The maximum absolute atomic E-state index is 8.48. The highest BCUT2D eigenvalue weighted by Gasteiger charge is 1.93. The molecular formula is C5H14N2O. The summed E-state index contributed by atoms with van der Waals surface area (Å²) < 4.78 is 0. The van der Waals surface area contributed by atoms with Gasteiger partial charge in [0.15, 0.2) is 0 Å². The highest BCUT2D eigenvalue weighted by atomic mass is 16.3. The highest BCUT2D eigenvalue weighted by molar-refractivity contribution is 4.38. The van der Waals surface area contributed by atoms with Crippen molar-refractivity contribution in [3.05, 3.63) is 0 Å². The summed E-state index contributed by atoms with van der Waals surface area (Å²) in [6, 6.07) is 0.